The quantitative estimate of drug-likeness (QED) is 0.530. The Morgan fingerprint density at radius 2 is 1.90 bits per heavy atom. The topological polar surface area (TPSA) is 28.1 Å². The third kappa shape index (κ3) is 5.57. The van der Waals surface area contributed by atoms with Crippen LogP contribution in [-0.4, -0.2) is 54.3 Å². The van der Waals surface area contributed by atoms with Crippen LogP contribution in [0.5, 0.6) is 5.75 Å². The Labute approximate surface area is 187 Å². The van der Waals surface area contributed by atoms with Crippen LogP contribution in [0.2, 0.25) is 0 Å². The minimum Gasteiger partial charge on any atom is -0.490 e. The molecule has 2 heterocycles. The fourth-order valence-electron chi connectivity index (χ4n) is 4.10. The molecule has 2 aliphatic heterocycles. The molecule has 4 nitrogen and oxygen atoms in total. The van der Waals surface area contributed by atoms with E-state index in [-0.39, 0.29) is 5.75 Å². The van der Waals surface area contributed by atoms with Crippen LogP contribution in [0.25, 0.3) is 0 Å². The lowest BCUT2D eigenvalue weighted by Crippen LogP contribution is -2.45. The van der Waals surface area contributed by atoms with Crippen LogP contribution in [0.3, 0.4) is 0 Å². The maximum atomic E-state index is 13.6. The predicted octanol–water partition coefficient (Wildman–Crippen LogP) is 5.45. The van der Waals surface area contributed by atoms with Gasteiger partial charge in [-0.05, 0) is 56.0 Å². The van der Waals surface area contributed by atoms with Crippen LogP contribution in [0.1, 0.15) is 31.2 Å². The number of thioether (sulfide) groups is 1. The first-order valence-corrected chi connectivity index (χ1v) is 11.9. The van der Waals surface area contributed by atoms with Gasteiger partial charge < -0.3 is 14.5 Å². The number of halogens is 2. The number of unbranched alkanes of at least 4 members (excludes halogenated alkanes) is 1. The van der Waals surface area contributed by atoms with E-state index in [9.17, 15) is 8.78 Å². The molecule has 0 N–H and O–H groups in total. The van der Waals surface area contributed by atoms with E-state index in [1.165, 1.54) is 17.7 Å². The Morgan fingerprint density at radius 1 is 1.10 bits per heavy atom. The van der Waals surface area contributed by atoms with Crippen LogP contribution in [0.4, 0.5) is 14.5 Å². The van der Waals surface area contributed by atoms with Crippen LogP contribution in [0.15, 0.2) is 47.5 Å². The highest BCUT2D eigenvalue weighted by molar-refractivity contribution is 8.13. The molecule has 0 saturated carbocycles. The van der Waals surface area contributed by atoms with E-state index in [2.05, 4.69) is 35.0 Å². The van der Waals surface area contributed by atoms with Crippen LogP contribution in [-0.2, 0) is 5.75 Å². The molecular formula is C24H29F2N3OS. The summed E-state index contributed by atoms with van der Waals surface area (Å²) in [6.07, 6.45) is 4.06. The molecule has 0 aliphatic carbocycles. The summed E-state index contributed by atoms with van der Waals surface area (Å²) in [4.78, 5) is 9.72. The van der Waals surface area contributed by atoms with Crippen molar-refractivity contribution in [3.05, 3.63) is 59.7 Å². The van der Waals surface area contributed by atoms with E-state index >= 15 is 0 Å². The highest BCUT2D eigenvalue weighted by Gasteiger charge is 2.26. The number of aliphatic imine (C=N–C) groups is 1. The van der Waals surface area contributed by atoms with Gasteiger partial charge in [0.05, 0.1) is 12.3 Å². The highest BCUT2D eigenvalue weighted by atomic mass is 32.2. The van der Waals surface area contributed by atoms with Crippen molar-refractivity contribution < 1.29 is 13.5 Å². The summed E-state index contributed by atoms with van der Waals surface area (Å²) in [6.45, 7) is 3.55. The summed E-state index contributed by atoms with van der Waals surface area (Å²) in [7, 11) is 2.17. The lowest BCUT2D eigenvalue weighted by Gasteiger charge is -2.38. The number of fused-ring (bicyclic) bond motifs is 1. The van der Waals surface area contributed by atoms with Crippen LogP contribution in [0, 0.1) is 11.6 Å². The average Bonchev–Trinajstić information content (AvgIpc) is 2.81. The van der Waals surface area contributed by atoms with Crippen molar-refractivity contribution in [2.45, 2.75) is 37.5 Å². The molecule has 31 heavy (non-hydrogen) atoms. The monoisotopic (exact) mass is 445 g/mol. The van der Waals surface area contributed by atoms with Gasteiger partial charge in [-0.1, -0.05) is 36.0 Å². The number of benzene rings is 2. The normalized spacial score (nSPS) is 17.2. The van der Waals surface area contributed by atoms with E-state index in [4.69, 9.17) is 9.73 Å². The van der Waals surface area contributed by atoms with Gasteiger partial charge in [-0.25, -0.2) is 9.38 Å². The molecule has 7 heteroatoms. The number of rotatable bonds is 7. The van der Waals surface area contributed by atoms with Gasteiger partial charge in [-0.2, -0.15) is 4.39 Å². The number of amidine groups is 1. The maximum absolute atomic E-state index is 13.6. The van der Waals surface area contributed by atoms with Gasteiger partial charge in [-0.15, -0.1) is 0 Å². The molecule has 166 valence electrons. The van der Waals surface area contributed by atoms with Gasteiger partial charge in [0.2, 0.25) is 5.82 Å². The highest BCUT2D eigenvalue weighted by Crippen LogP contribution is 2.33. The standard InChI is InChI=1S/C24H29F2N3OS/c1-28(24-27-21-9-3-2-7-18(21)17-31-24)19-11-14-29(15-12-19)13-4-5-16-30-22-10-6-8-20(25)23(22)26/h2-3,6-10,19H,4-5,11-17H2,1H3. The van der Waals surface area contributed by atoms with Crippen molar-refractivity contribution in [3.63, 3.8) is 0 Å². The summed E-state index contributed by atoms with van der Waals surface area (Å²) in [5.41, 5.74) is 2.41. The third-order valence-electron chi connectivity index (χ3n) is 6.01. The molecule has 0 amide bonds. The second-order valence-corrected chi connectivity index (χ2v) is 9.05. The minimum atomic E-state index is -0.905. The van der Waals surface area contributed by atoms with Crippen molar-refractivity contribution in [2.24, 2.45) is 4.99 Å². The Hall–Kier alpha value is -2.12. The van der Waals surface area contributed by atoms with Gasteiger partial charge in [-0.3, -0.25) is 0 Å². The lowest BCUT2D eigenvalue weighted by atomic mass is 10.0. The molecule has 0 aromatic heterocycles. The smallest absolute Gasteiger partial charge is 0.200 e. The molecule has 0 unspecified atom stereocenters. The second kappa shape index (κ2) is 10.5. The van der Waals surface area contributed by atoms with E-state index in [1.54, 1.807) is 0 Å². The van der Waals surface area contributed by atoms with Crippen LogP contribution >= 0.6 is 11.8 Å². The van der Waals surface area contributed by atoms with Gasteiger partial charge in [0.25, 0.3) is 0 Å². The van der Waals surface area contributed by atoms with Crippen molar-refractivity contribution >= 4 is 22.6 Å². The second-order valence-electron chi connectivity index (χ2n) is 8.10. The molecule has 4 rings (SSSR count). The molecule has 1 saturated heterocycles. The minimum absolute atomic E-state index is 0.00466. The first kappa shape index (κ1) is 22.1. The van der Waals surface area contributed by atoms with Gasteiger partial charge in [0.1, 0.15) is 0 Å². The number of likely N-dealkylation sites (tertiary alicyclic amines) is 1. The zero-order chi connectivity index (χ0) is 21.6. The number of nitrogens with zero attached hydrogens (tertiary/aromatic N) is 3. The van der Waals surface area contributed by atoms with E-state index in [0.29, 0.717) is 12.6 Å². The van der Waals surface area contributed by atoms with E-state index in [0.717, 1.165) is 68.0 Å². The number of ether oxygens (including phenoxy) is 1. The van der Waals surface area contributed by atoms with Gasteiger partial charge in [0, 0.05) is 31.9 Å². The average molecular weight is 446 g/mol. The SMILES string of the molecule is CN(C1=Nc2ccccc2CS1)C1CCN(CCCCOc2cccc(F)c2F)CC1. The first-order chi connectivity index (χ1) is 15.1. The van der Waals surface area contributed by atoms with Crippen LogP contribution < -0.4 is 4.74 Å². The summed E-state index contributed by atoms with van der Waals surface area (Å²) < 4.78 is 32.2. The lowest BCUT2D eigenvalue weighted by molar-refractivity contribution is 0.161. The molecule has 1 fully saturated rings. The Kier molecular flexibility index (Phi) is 7.45. The number of piperidine rings is 1. The van der Waals surface area contributed by atoms with Crippen molar-refractivity contribution in [3.8, 4) is 5.75 Å². The summed E-state index contributed by atoms with van der Waals surface area (Å²) in [5, 5.41) is 1.12. The zero-order valence-corrected chi connectivity index (χ0v) is 18.7. The molecule has 0 radical (unpaired) electrons. The maximum Gasteiger partial charge on any atom is 0.200 e. The molecule has 0 spiro atoms. The Morgan fingerprint density at radius 3 is 2.74 bits per heavy atom. The zero-order valence-electron chi connectivity index (χ0n) is 17.9. The number of hydrogen-bond acceptors (Lipinski definition) is 5. The summed E-state index contributed by atoms with van der Waals surface area (Å²) >= 11 is 1.83. The van der Waals surface area contributed by atoms with Gasteiger partial charge >= 0.3 is 0 Å². The number of hydrogen-bond donors (Lipinski definition) is 0. The molecule has 0 atom stereocenters. The Bertz CT molecular complexity index is 915. The largest absolute Gasteiger partial charge is 0.490 e. The van der Waals surface area contributed by atoms with Gasteiger partial charge in [0.15, 0.2) is 16.7 Å². The fraction of sp³-hybridized carbons (Fsp3) is 0.458. The van der Waals surface area contributed by atoms with E-state index in [1.807, 2.05) is 17.8 Å². The molecular weight excluding hydrogens is 416 g/mol. The third-order valence-corrected chi connectivity index (χ3v) is 7.11. The first-order valence-electron chi connectivity index (χ1n) is 10.9. The predicted molar refractivity (Wildman–Crippen MR) is 123 cm³/mol. The molecule has 2 aromatic rings. The van der Waals surface area contributed by atoms with E-state index < -0.39 is 11.6 Å². The molecule has 2 aliphatic rings. The molecule has 0 bridgehead atoms. The summed E-state index contributed by atoms with van der Waals surface area (Å²) in [5.74, 6) is -0.792. The molecule has 2 aromatic carbocycles. The fourth-order valence-corrected chi connectivity index (χ4v) is 5.15. The summed E-state index contributed by atoms with van der Waals surface area (Å²) in [6, 6.07) is 12.9. The van der Waals surface area contributed by atoms with Crippen molar-refractivity contribution in [1.29, 1.82) is 0 Å². The number of para-hydroxylation sites is 1. The van der Waals surface area contributed by atoms with Crippen molar-refractivity contribution in [2.75, 3.05) is 33.3 Å². The Balaban J connectivity index is 1.16. The van der Waals surface area contributed by atoms with Crippen molar-refractivity contribution in [1.82, 2.24) is 9.80 Å².